The lowest BCUT2D eigenvalue weighted by molar-refractivity contribution is 0.0697. The molecule has 0 spiro atoms. The molecule has 1 fully saturated rings. The van der Waals surface area contributed by atoms with E-state index in [4.69, 9.17) is 9.52 Å². The molecule has 3 rings (SSSR count). The van der Waals surface area contributed by atoms with Gasteiger partial charge in [0.15, 0.2) is 5.58 Å². The van der Waals surface area contributed by atoms with Gasteiger partial charge in [0.25, 0.3) is 6.01 Å². The zero-order valence-electron chi connectivity index (χ0n) is 10.9. The average molecular weight is 276 g/mol. The first-order chi connectivity index (χ1) is 9.67. The quantitative estimate of drug-likeness (QED) is 0.791. The number of nitrogens with one attached hydrogen (secondary N) is 1. The van der Waals surface area contributed by atoms with Gasteiger partial charge in [-0.15, -0.1) is 0 Å². The van der Waals surface area contributed by atoms with E-state index in [0.29, 0.717) is 17.1 Å². The number of aliphatic hydroxyl groups is 1. The third-order valence-corrected chi connectivity index (χ3v) is 3.84. The zero-order valence-corrected chi connectivity index (χ0v) is 10.9. The number of aliphatic hydroxyl groups excluding tert-OH is 1. The highest BCUT2D eigenvalue weighted by molar-refractivity contribution is 5.92. The maximum absolute atomic E-state index is 10.9. The minimum absolute atomic E-state index is 0.154. The van der Waals surface area contributed by atoms with Gasteiger partial charge in [-0.05, 0) is 31.0 Å². The van der Waals surface area contributed by atoms with Gasteiger partial charge in [0.2, 0.25) is 0 Å². The van der Waals surface area contributed by atoms with Crippen LogP contribution in [0.15, 0.2) is 22.6 Å². The van der Waals surface area contributed by atoms with Crippen LogP contribution in [0.5, 0.6) is 0 Å². The van der Waals surface area contributed by atoms with Crippen molar-refractivity contribution < 1.29 is 19.4 Å². The van der Waals surface area contributed by atoms with E-state index < -0.39 is 5.97 Å². The van der Waals surface area contributed by atoms with E-state index in [1.165, 1.54) is 12.1 Å². The third kappa shape index (κ3) is 2.34. The first kappa shape index (κ1) is 12.9. The lowest BCUT2D eigenvalue weighted by Crippen LogP contribution is -2.26. The summed E-state index contributed by atoms with van der Waals surface area (Å²) < 4.78 is 5.55. The molecule has 6 nitrogen and oxygen atoms in total. The van der Waals surface area contributed by atoms with Crippen molar-refractivity contribution in [3.8, 4) is 0 Å². The Morgan fingerprint density at radius 1 is 1.45 bits per heavy atom. The molecule has 20 heavy (non-hydrogen) atoms. The van der Waals surface area contributed by atoms with Gasteiger partial charge >= 0.3 is 5.97 Å². The first-order valence-corrected chi connectivity index (χ1v) is 6.68. The lowest BCUT2D eigenvalue weighted by Gasteiger charge is -2.17. The average Bonchev–Trinajstić information content (AvgIpc) is 3.03. The number of nitrogens with zero attached hydrogens (tertiary/aromatic N) is 1. The van der Waals surface area contributed by atoms with Crippen LogP contribution in [0.4, 0.5) is 6.01 Å². The number of aromatic nitrogens is 1. The van der Waals surface area contributed by atoms with Gasteiger partial charge in [0.05, 0.1) is 5.56 Å². The van der Waals surface area contributed by atoms with Crippen LogP contribution in [0.25, 0.3) is 11.1 Å². The molecule has 106 valence electrons. The smallest absolute Gasteiger partial charge is 0.335 e. The maximum atomic E-state index is 10.9. The Bertz CT molecular complexity index is 637. The Morgan fingerprint density at radius 3 is 3.05 bits per heavy atom. The molecule has 2 atom stereocenters. The number of oxazole rings is 1. The highest BCUT2D eigenvalue weighted by Gasteiger charge is 2.27. The van der Waals surface area contributed by atoms with Crippen molar-refractivity contribution >= 4 is 23.1 Å². The van der Waals surface area contributed by atoms with Crippen LogP contribution in [0.2, 0.25) is 0 Å². The van der Waals surface area contributed by atoms with Crippen LogP contribution in [0.1, 0.15) is 29.6 Å². The summed E-state index contributed by atoms with van der Waals surface area (Å²) >= 11 is 0. The largest absolute Gasteiger partial charge is 0.478 e. The molecule has 6 heteroatoms. The van der Waals surface area contributed by atoms with Crippen LogP contribution >= 0.6 is 0 Å². The Kier molecular flexibility index (Phi) is 3.31. The summed E-state index contributed by atoms with van der Waals surface area (Å²) in [5.41, 5.74) is 1.25. The van der Waals surface area contributed by atoms with Gasteiger partial charge in [-0.3, -0.25) is 0 Å². The monoisotopic (exact) mass is 276 g/mol. The summed E-state index contributed by atoms with van der Waals surface area (Å²) in [4.78, 5) is 15.2. The Balaban J connectivity index is 1.84. The van der Waals surface area contributed by atoms with Crippen molar-refractivity contribution in [3.63, 3.8) is 0 Å². The van der Waals surface area contributed by atoms with Gasteiger partial charge in [-0.1, -0.05) is 6.42 Å². The van der Waals surface area contributed by atoms with E-state index in [9.17, 15) is 9.90 Å². The van der Waals surface area contributed by atoms with Gasteiger partial charge in [0.1, 0.15) is 5.52 Å². The summed E-state index contributed by atoms with van der Waals surface area (Å²) in [6, 6.07) is 5.14. The molecule has 0 saturated heterocycles. The van der Waals surface area contributed by atoms with Crippen molar-refractivity contribution in [1.29, 1.82) is 0 Å². The normalized spacial score (nSPS) is 22.2. The second kappa shape index (κ2) is 5.13. The van der Waals surface area contributed by atoms with E-state index >= 15 is 0 Å². The maximum Gasteiger partial charge on any atom is 0.335 e. The third-order valence-electron chi connectivity index (χ3n) is 3.84. The molecule has 1 heterocycles. The SMILES string of the molecule is O=C(O)c1ccc2nc(NC3CCCC3CO)oc2c1. The van der Waals surface area contributed by atoms with Crippen LogP contribution in [0.3, 0.4) is 0 Å². The molecule has 0 amide bonds. The molecule has 1 saturated carbocycles. The molecule has 1 aromatic heterocycles. The van der Waals surface area contributed by atoms with E-state index in [0.717, 1.165) is 19.3 Å². The zero-order chi connectivity index (χ0) is 14.1. The predicted octanol–water partition coefficient (Wildman–Crippen LogP) is 2.10. The van der Waals surface area contributed by atoms with Crippen LogP contribution < -0.4 is 5.32 Å². The molecule has 0 radical (unpaired) electrons. The summed E-state index contributed by atoms with van der Waals surface area (Å²) in [5, 5.41) is 21.4. The Morgan fingerprint density at radius 2 is 2.30 bits per heavy atom. The summed E-state index contributed by atoms with van der Waals surface area (Å²) in [6.07, 6.45) is 3.05. The van der Waals surface area contributed by atoms with Crippen LogP contribution in [-0.2, 0) is 0 Å². The second-order valence-electron chi connectivity index (χ2n) is 5.13. The fraction of sp³-hybridized carbons (Fsp3) is 0.429. The van der Waals surface area contributed by atoms with Crippen LogP contribution in [-0.4, -0.2) is 33.8 Å². The molecule has 2 aromatic rings. The molecule has 3 N–H and O–H groups in total. The van der Waals surface area contributed by atoms with E-state index in [-0.39, 0.29) is 24.1 Å². The number of carbonyl (C=O) groups is 1. The van der Waals surface area contributed by atoms with E-state index in [1.807, 2.05) is 0 Å². The lowest BCUT2D eigenvalue weighted by atomic mass is 10.1. The Labute approximate surface area is 115 Å². The number of carboxylic acid groups (broad SMARTS) is 1. The van der Waals surface area contributed by atoms with Crippen molar-refractivity contribution in [1.82, 2.24) is 4.98 Å². The fourth-order valence-corrected chi connectivity index (χ4v) is 2.72. The van der Waals surface area contributed by atoms with Crippen molar-refractivity contribution in [2.24, 2.45) is 5.92 Å². The second-order valence-corrected chi connectivity index (χ2v) is 5.13. The number of carboxylic acids is 1. The van der Waals surface area contributed by atoms with Gasteiger partial charge in [-0.25, -0.2) is 4.79 Å². The number of anilines is 1. The van der Waals surface area contributed by atoms with E-state index in [2.05, 4.69) is 10.3 Å². The summed E-state index contributed by atoms with van der Waals surface area (Å²) in [6.45, 7) is 0.154. The number of fused-ring (bicyclic) bond motifs is 1. The molecule has 1 aliphatic carbocycles. The summed E-state index contributed by atoms with van der Waals surface area (Å²) in [5.74, 6) is -0.770. The molecule has 0 bridgehead atoms. The van der Waals surface area contributed by atoms with E-state index in [1.54, 1.807) is 6.07 Å². The fourth-order valence-electron chi connectivity index (χ4n) is 2.72. The number of hydrogen-bond acceptors (Lipinski definition) is 5. The number of aromatic carboxylic acids is 1. The highest BCUT2D eigenvalue weighted by atomic mass is 16.4. The van der Waals surface area contributed by atoms with Crippen molar-refractivity contribution in [2.75, 3.05) is 11.9 Å². The molecule has 2 unspecified atom stereocenters. The molecule has 0 aliphatic heterocycles. The Hall–Kier alpha value is -2.08. The molecular formula is C14H16N2O4. The molecule has 1 aliphatic rings. The topological polar surface area (TPSA) is 95.6 Å². The molecular weight excluding hydrogens is 260 g/mol. The van der Waals surface area contributed by atoms with Gasteiger partial charge < -0.3 is 19.9 Å². The van der Waals surface area contributed by atoms with Crippen LogP contribution in [0, 0.1) is 5.92 Å². The standard InChI is InChI=1S/C14H16N2O4/c17-7-9-2-1-3-10(9)15-14-16-11-5-4-8(13(18)19)6-12(11)20-14/h4-6,9-10,17H,1-3,7H2,(H,15,16)(H,18,19). The minimum Gasteiger partial charge on any atom is -0.478 e. The van der Waals surface area contributed by atoms with Crippen molar-refractivity contribution in [3.05, 3.63) is 23.8 Å². The predicted molar refractivity (Wildman–Crippen MR) is 72.8 cm³/mol. The van der Waals surface area contributed by atoms with Crippen molar-refractivity contribution in [2.45, 2.75) is 25.3 Å². The number of hydrogen-bond donors (Lipinski definition) is 3. The molecule has 1 aromatic carbocycles. The number of rotatable bonds is 4. The number of benzene rings is 1. The van der Waals surface area contributed by atoms with Gasteiger partial charge in [-0.2, -0.15) is 4.98 Å². The van der Waals surface area contributed by atoms with Gasteiger partial charge in [0, 0.05) is 18.6 Å². The first-order valence-electron chi connectivity index (χ1n) is 6.68. The minimum atomic E-state index is -0.992. The highest BCUT2D eigenvalue weighted by Crippen LogP contribution is 2.29. The summed E-state index contributed by atoms with van der Waals surface area (Å²) in [7, 11) is 0.